The summed E-state index contributed by atoms with van der Waals surface area (Å²) < 4.78 is 0. The molecule has 3 rings (SSSR count). The van der Waals surface area contributed by atoms with Crippen LogP contribution >= 0.6 is 24.0 Å². The molecule has 2 N–H and O–H groups in total. The molecule has 0 amide bonds. The predicted octanol–water partition coefficient (Wildman–Crippen LogP) is 3.09. The molecular formula is C15H19Cl2N3. The third-order valence-electron chi connectivity index (χ3n) is 3.94. The van der Waals surface area contributed by atoms with E-state index < -0.39 is 0 Å². The lowest BCUT2D eigenvalue weighted by Crippen LogP contribution is -2.28. The first-order valence-corrected chi connectivity index (χ1v) is 7.03. The lowest BCUT2D eigenvalue weighted by molar-refractivity contribution is 0.320. The van der Waals surface area contributed by atoms with Crippen LogP contribution in [0, 0.1) is 5.92 Å². The van der Waals surface area contributed by atoms with Gasteiger partial charge in [-0.3, -0.25) is 9.88 Å². The average molecular weight is 312 g/mol. The SMILES string of the molecule is CC1CN(Cc2ccc(Cl)c3cccnc23)CC1N.Cl. The highest BCUT2D eigenvalue weighted by molar-refractivity contribution is 6.35. The number of nitrogens with two attached hydrogens (primary N) is 1. The molecule has 0 bridgehead atoms. The Morgan fingerprint density at radius 1 is 1.35 bits per heavy atom. The smallest absolute Gasteiger partial charge is 0.0761 e. The van der Waals surface area contributed by atoms with Gasteiger partial charge >= 0.3 is 0 Å². The molecule has 0 spiro atoms. The van der Waals surface area contributed by atoms with Crippen molar-refractivity contribution in [3.8, 4) is 0 Å². The van der Waals surface area contributed by atoms with Crippen LogP contribution in [-0.2, 0) is 6.54 Å². The van der Waals surface area contributed by atoms with Crippen LogP contribution in [-0.4, -0.2) is 29.0 Å². The van der Waals surface area contributed by atoms with Crippen molar-refractivity contribution in [1.29, 1.82) is 0 Å². The van der Waals surface area contributed by atoms with Gasteiger partial charge in [-0.2, -0.15) is 0 Å². The molecule has 2 aromatic rings. The zero-order valence-corrected chi connectivity index (χ0v) is 13.0. The highest BCUT2D eigenvalue weighted by Gasteiger charge is 2.26. The van der Waals surface area contributed by atoms with Gasteiger partial charge in [0.15, 0.2) is 0 Å². The van der Waals surface area contributed by atoms with E-state index in [0.717, 1.165) is 35.6 Å². The summed E-state index contributed by atoms with van der Waals surface area (Å²) in [4.78, 5) is 6.88. The van der Waals surface area contributed by atoms with Crippen molar-refractivity contribution in [2.75, 3.05) is 13.1 Å². The predicted molar refractivity (Wildman–Crippen MR) is 86.4 cm³/mol. The molecule has 0 radical (unpaired) electrons. The lowest BCUT2D eigenvalue weighted by atomic mass is 10.1. The van der Waals surface area contributed by atoms with Gasteiger partial charge in [0.2, 0.25) is 0 Å². The second-order valence-corrected chi connectivity index (χ2v) is 5.85. The third-order valence-corrected chi connectivity index (χ3v) is 4.27. The first-order valence-electron chi connectivity index (χ1n) is 6.65. The number of halogens is 2. The maximum atomic E-state index is 6.22. The lowest BCUT2D eigenvalue weighted by Gasteiger charge is -2.16. The van der Waals surface area contributed by atoms with E-state index in [0.29, 0.717) is 5.92 Å². The van der Waals surface area contributed by atoms with Gasteiger partial charge in [-0.05, 0) is 29.7 Å². The molecule has 1 aromatic heterocycles. The van der Waals surface area contributed by atoms with E-state index in [9.17, 15) is 0 Å². The Morgan fingerprint density at radius 2 is 2.15 bits per heavy atom. The number of likely N-dealkylation sites (tertiary alicyclic amines) is 1. The molecule has 2 unspecified atom stereocenters. The maximum Gasteiger partial charge on any atom is 0.0761 e. The van der Waals surface area contributed by atoms with Crippen molar-refractivity contribution in [2.24, 2.45) is 11.7 Å². The van der Waals surface area contributed by atoms with Gasteiger partial charge in [0.05, 0.1) is 5.52 Å². The van der Waals surface area contributed by atoms with Crippen LogP contribution in [0.4, 0.5) is 0 Å². The number of pyridine rings is 1. The van der Waals surface area contributed by atoms with Gasteiger partial charge < -0.3 is 5.73 Å². The van der Waals surface area contributed by atoms with Crippen LogP contribution in [0.25, 0.3) is 10.9 Å². The highest BCUT2D eigenvalue weighted by Crippen LogP contribution is 2.26. The van der Waals surface area contributed by atoms with E-state index >= 15 is 0 Å². The summed E-state index contributed by atoms with van der Waals surface area (Å²) in [7, 11) is 0. The number of fused-ring (bicyclic) bond motifs is 1. The number of hydrogen-bond donors (Lipinski definition) is 1. The monoisotopic (exact) mass is 311 g/mol. The number of rotatable bonds is 2. The molecule has 1 aliphatic rings. The highest BCUT2D eigenvalue weighted by atomic mass is 35.5. The molecular weight excluding hydrogens is 293 g/mol. The van der Waals surface area contributed by atoms with E-state index in [-0.39, 0.29) is 18.4 Å². The normalized spacial score (nSPS) is 22.9. The van der Waals surface area contributed by atoms with Crippen LogP contribution in [0.5, 0.6) is 0 Å². The van der Waals surface area contributed by atoms with E-state index in [1.54, 1.807) is 0 Å². The van der Waals surface area contributed by atoms with Crippen molar-refractivity contribution in [3.05, 3.63) is 41.0 Å². The molecule has 2 heterocycles. The van der Waals surface area contributed by atoms with Gasteiger partial charge in [-0.25, -0.2) is 0 Å². The standard InChI is InChI=1S/C15H18ClN3.ClH/c1-10-7-19(9-14(10)17)8-11-4-5-13(16)12-3-2-6-18-15(11)12;/h2-6,10,14H,7-9,17H2,1H3;1H. The van der Waals surface area contributed by atoms with E-state index in [4.69, 9.17) is 17.3 Å². The van der Waals surface area contributed by atoms with Gasteiger partial charge in [0, 0.05) is 42.3 Å². The van der Waals surface area contributed by atoms with Gasteiger partial charge in [-0.1, -0.05) is 24.6 Å². The number of nitrogens with zero attached hydrogens (tertiary/aromatic N) is 2. The van der Waals surface area contributed by atoms with Crippen molar-refractivity contribution < 1.29 is 0 Å². The molecule has 20 heavy (non-hydrogen) atoms. The second kappa shape index (κ2) is 6.27. The Labute approximate surface area is 130 Å². The van der Waals surface area contributed by atoms with E-state index in [1.807, 2.05) is 24.4 Å². The molecule has 3 nitrogen and oxygen atoms in total. The summed E-state index contributed by atoms with van der Waals surface area (Å²) >= 11 is 6.22. The molecule has 1 fully saturated rings. The Morgan fingerprint density at radius 3 is 2.85 bits per heavy atom. The molecule has 2 atom stereocenters. The van der Waals surface area contributed by atoms with Gasteiger partial charge in [0.1, 0.15) is 0 Å². The fourth-order valence-corrected chi connectivity index (χ4v) is 3.00. The summed E-state index contributed by atoms with van der Waals surface area (Å²) in [5, 5.41) is 1.79. The van der Waals surface area contributed by atoms with Crippen LogP contribution in [0.1, 0.15) is 12.5 Å². The molecule has 5 heteroatoms. The van der Waals surface area contributed by atoms with E-state index in [1.165, 1.54) is 5.56 Å². The van der Waals surface area contributed by atoms with Crippen LogP contribution in [0.2, 0.25) is 5.02 Å². The quantitative estimate of drug-likeness (QED) is 0.926. The fraction of sp³-hybridized carbons (Fsp3) is 0.400. The Kier molecular flexibility index (Phi) is 4.86. The zero-order chi connectivity index (χ0) is 13.4. The zero-order valence-electron chi connectivity index (χ0n) is 11.4. The van der Waals surface area contributed by atoms with Crippen LogP contribution < -0.4 is 5.73 Å². The maximum absolute atomic E-state index is 6.22. The summed E-state index contributed by atoms with van der Waals surface area (Å²) in [6.07, 6.45) is 1.82. The first-order chi connectivity index (χ1) is 9.15. The molecule has 0 saturated carbocycles. The molecule has 1 aliphatic heterocycles. The minimum atomic E-state index is 0. The Hall–Kier alpha value is -0.870. The topological polar surface area (TPSA) is 42.2 Å². The van der Waals surface area contributed by atoms with E-state index in [2.05, 4.69) is 22.9 Å². The summed E-state index contributed by atoms with van der Waals surface area (Å²) in [5.74, 6) is 0.562. The van der Waals surface area contributed by atoms with Crippen molar-refractivity contribution in [3.63, 3.8) is 0 Å². The summed E-state index contributed by atoms with van der Waals surface area (Å²) in [5.41, 5.74) is 8.31. The summed E-state index contributed by atoms with van der Waals surface area (Å²) in [6, 6.07) is 8.26. The molecule has 1 saturated heterocycles. The average Bonchev–Trinajstić information content (AvgIpc) is 2.72. The fourth-order valence-electron chi connectivity index (χ4n) is 2.79. The van der Waals surface area contributed by atoms with Gasteiger partial charge in [0.25, 0.3) is 0 Å². The van der Waals surface area contributed by atoms with Gasteiger partial charge in [-0.15, -0.1) is 12.4 Å². The molecule has 0 aliphatic carbocycles. The molecule has 1 aromatic carbocycles. The van der Waals surface area contributed by atoms with Crippen molar-refractivity contribution >= 4 is 34.9 Å². The first kappa shape index (κ1) is 15.5. The van der Waals surface area contributed by atoms with Crippen molar-refractivity contribution in [2.45, 2.75) is 19.5 Å². The Bertz CT molecular complexity index is 593. The largest absolute Gasteiger partial charge is 0.326 e. The minimum Gasteiger partial charge on any atom is -0.326 e. The number of aromatic nitrogens is 1. The van der Waals surface area contributed by atoms with Crippen LogP contribution in [0.15, 0.2) is 30.5 Å². The summed E-state index contributed by atoms with van der Waals surface area (Å²) in [6.45, 7) is 5.11. The third kappa shape index (κ3) is 2.91. The van der Waals surface area contributed by atoms with Crippen LogP contribution in [0.3, 0.4) is 0 Å². The Balaban J connectivity index is 0.00000147. The number of benzene rings is 1. The van der Waals surface area contributed by atoms with Crippen molar-refractivity contribution in [1.82, 2.24) is 9.88 Å². The molecule has 108 valence electrons. The number of hydrogen-bond acceptors (Lipinski definition) is 3. The second-order valence-electron chi connectivity index (χ2n) is 5.44. The minimum absolute atomic E-state index is 0.